The Morgan fingerprint density at radius 2 is 2.38 bits per heavy atom. The lowest BCUT2D eigenvalue weighted by Gasteiger charge is -2.07. The number of rotatable bonds is 3. The molecule has 16 heavy (non-hydrogen) atoms. The fourth-order valence-corrected chi connectivity index (χ4v) is 2.33. The van der Waals surface area contributed by atoms with Gasteiger partial charge in [0, 0.05) is 14.2 Å². The van der Waals surface area contributed by atoms with E-state index in [0.717, 1.165) is 11.3 Å². The molecule has 1 atom stereocenters. The smallest absolute Gasteiger partial charge is 0.192 e. The van der Waals surface area contributed by atoms with E-state index in [1.165, 1.54) is 13.4 Å². The third-order valence-electron chi connectivity index (χ3n) is 2.00. The summed E-state index contributed by atoms with van der Waals surface area (Å²) in [5.74, 6) is 0.536. The van der Waals surface area contributed by atoms with Crippen molar-refractivity contribution in [2.24, 2.45) is 7.05 Å². The van der Waals surface area contributed by atoms with E-state index in [2.05, 4.69) is 15.1 Å². The van der Waals surface area contributed by atoms with E-state index >= 15 is 0 Å². The minimum atomic E-state index is -1.06. The van der Waals surface area contributed by atoms with Crippen LogP contribution in [0.3, 0.4) is 0 Å². The quantitative estimate of drug-likeness (QED) is 0.841. The molecule has 0 spiro atoms. The predicted molar refractivity (Wildman–Crippen MR) is 59.1 cm³/mol. The van der Waals surface area contributed by atoms with E-state index in [0.29, 0.717) is 20.9 Å². The van der Waals surface area contributed by atoms with Crippen molar-refractivity contribution in [2.75, 3.05) is 7.11 Å². The molecule has 0 saturated heterocycles. The highest BCUT2D eigenvalue weighted by molar-refractivity contribution is 7.16. The molecule has 2 aromatic heterocycles. The van der Waals surface area contributed by atoms with Gasteiger partial charge in [-0.25, -0.2) is 14.6 Å². The zero-order chi connectivity index (χ0) is 11.7. The van der Waals surface area contributed by atoms with Crippen molar-refractivity contribution in [2.45, 2.75) is 6.29 Å². The molecular weight excluding hydrogens is 252 g/mol. The maximum absolute atomic E-state index is 9.65. The Morgan fingerprint density at radius 3 is 2.94 bits per heavy atom. The number of aliphatic hydroxyl groups is 1. The molecule has 0 amide bonds. The molecule has 0 aliphatic rings. The van der Waals surface area contributed by atoms with E-state index in [9.17, 15) is 5.11 Å². The first kappa shape index (κ1) is 11.5. The Bertz CT molecular complexity index is 498. The van der Waals surface area contributed by atoms with Crippen LogP contribution in [0, 0.1) is 0 Å². The number of hydrogen-bond donors (Lipinski definition) is 1. The van der Waals surface area contributed by atoms with Crippen LogP contribution >= 0.6 is 22.9 Å². The van der Waals surface area contributed by atoms with Crippen molar-refractivity contribution in [1.82, 2.24) is 19.7 Å². The van der Waals surface area contributed by atoms with E-state index in [4.69, 9.17) is 16.3 Å². The van der Waals surface area contributed by atoms with Gasteiger partial charge in [0.15, 0.2) is 16.6 Å². The van der Waals surface area contributed by atoms with Crippen LogP contribution in [0.15, 0.2) is 6.33 Å². The summed E-state index contributed by atoms with van der Waals surface area (Å²) in [7, 11) is 3.14. The highest BCUT2D eigenvalue weighted by Crippen LogP contribution is 2.34. The number of aromatic nitrogens is 4. The van der Waals surface area contributed by atoms with Gasteiger partial charge in [0.05, 0.1) is 4.88 Å². The summed E-state index contributed by atoms with van der Waals surface area (Å²) in [5, 5.41) is 13.6. The van der Waals surface area contributed by atoms with Gasteiger partial charge in [-0.1, -0.05) is 11.6 Å². The molecule has 0 radical (unpaired) electrons. The van der Waals surface area contributed by atoms with Crippen molar-refractivity contribution in [1.29, 1.82) is 0 Å². The molecule has 8 heteroatoms. The first-order valence-electron chi connectivity index (χ1n) is 4.35. The van der Waals surface area contributed by atoms with E-state index in [-0.39, 0.29) is 0 Å². The zero-order valence-corrected chi connectivity index (χ0v) is 10.2. The molecule has 2 heterocycles. The minimum absolute atomic E-state index is 0.323. The second kappa shape index (κ2) is 4.46. The second-order valence-electron chi connectivity index (χ2n) is 2.97. The summed E-state index contributed by atoms with van der Waals surface area (Å²) in [5.41, 5.74) is 0.490. The highest BCUT2D eigenvalue weighted by Gasteiger charge is 2.21. The van der Waals surface area contributed by atoms with Crippen LogP contribution in [-0.4, -0.2) is 32.0 Å². The molecule has 0 fully saturated rings. The number of hydrogen-bond acceptors (Lipinski definition) is 6. The van der Waals surface area contributed by atoms with Gasteiger partial charge in [-0.15, -0.1) is 11.3 Å². The Balaban J connectivity index is 2.52. The summed E-state index contributed by atoms with van der Waals surface area (Å²) in [6.45, 7) is 0. The topological polar surface area (TPSA) is 73.1 Å². The summed E-state index contributed by atoms with van der Waals surface area (Å²) in [6.07, 6.45) is 0.350. The van der Waals surface area contributed by atoms with E-state index in [1.807, 2.05) is 0 Å². The third kappa shape index (κ3) is 1.94. The van der Waals surface area contributed by atoms with Crippen LogP contribution in [0.5, 0.6) is 0 Å². The van der Waals surface area contributed by atoms with Crippen molar-refractivity contribution in [3.8, 4) is 11.5 Å². The molecule has 0 aliphatic heterocycles. The van der Waals surface area contributed by atoms with Gasteiger partial charge < -0.3 is 9.84 Å². The molecule has 0 aliphatic carbocycles. The average Bonchev–Trinajstić information content (AvgIpc) is 2.83. The number of thiazole rings is 1. The fourth-order valence-electron chi connectivity index (χ4n) is 1.25. The molecule has 0 aromatic carbocycles. The summed E-state index contributed by atoms with van der Waals surface area (Å²) >= 11 is 6.97. The van der Waals surface area contributed by atoms with Crippen LogP contribution in [0.1, 0.15) is 11.2 Å². The van der Waals surface area contributed by atoms with E-state index in [1.54, 1.807) is 11.7 Å². The van der Waals surface area contributed by atoms with E-state index < -0.39 is 6.29 Å². The SMILES string of the molecule is COC(O)c1sc(Cl)nc1-c1ncnn1C. The van der Waals surface area contributed by atoms with Gasteiger partial charge in [-0.05, 0) is 0 Å². The lowest BCUT2D eigenvalue weighted by molar-refractivity contribution is -0.0740. The Morgan fingerprint density at radius 1 is 1.62 bits per heavy atom. The van der Waals surface area contributed by atoms with Crippen molar-refractivity contribution >= 4 is 22.9 Å². The molecule has 1 unspecified atom stereocenters. The van der Waals surface area contributed by atoms with Crippen LogP contribution < -0.4 is 0 Å². The molecular formula is C8H9ClN4O2S. The second-order valence-corrected chi connectivity index (χ2v) is 4.59. The first-order valence-corrected chi connectivity index (χ1v) is 5.54. The minimum Gasteiger partial charge on any atom is -0.364 e. The average molecular weight is 261 g/mol. The lowest BCUT2D eigenvalue weighted by atomic mass is 10.3. The van der Waals surface area contributed by atoms with Crippen LogP contribution in [-0.2, 0) is 11.8 Å². The van der Waals surface area contributed by atoms with Crippen molar-refractivity contribution in [3.05, 3.63) is 15.7 Å². The standard InChI is InChI=1S/C8H9ClN4O2S/c1-13-6(10-3-11-13)4-5(7(14)15-2)16-8(9)12-4/h3,7,14H,1-2H3. The summed E-state index contributed by atoms with van der Waals surface area (Å²) in [4.78, 5) is 8.67. The lowest BCUT2D eigenvalue weighted by Crippen LogP contribution is -2.02. The molecule has 1 N–H and O–H groups in total. The predicted octanol–water partition coefficient (Wildman–Crippen LogP) is 1.23. The number of nitrogens with zero attached hydrogens (tertiary/aromatic N) is 4. The summed E-state index contributed by atoms with van der Waals surface area (Å²) < 4.78 is 6.71. The summed E-state index contributed by atoms with van der Waals surface area (Å²) in [6, 6.07) is 0. The van der Waals surface area contributed by atoms with Gasteiger partial charge in [-0.2, -0.15) is 5.10 Å². The molecule has 2 aromatic rings. The third-order valence-corrected chi connectivity index (χ3v) is 3.19. The molecule has 0 saturated carbocycles. The Hall–Kier alpha value is -1.02. The Kier molecular flexibility index (Phi) is 3.20. The van der Waals surface area contributed by atoms with Gasteiger partial charge >= 0.3 is 0 Å². The van der Waals surface area contributed by atoms with Crippen molar-refractivity contribution < 1.29 is 9.84 Å². The van der Waals surface area contributed by atoms with Gasteiger partial charge in [0.2, 0.25) is 0 Å². The zero-order valence-electron chi connectivity index (χ0n) is 8.59. The molecule has 0 bridgehead atoms. The normalized spacial score (nSPS) is 13.0. The fraction of sp³-hybridized carbons (Fsp3) is 0.375. The number of ether oxygens (including phenoxy) is 1. The molecule has 86 valence electrons. The Labute approximate surface area is 100 Å². The maximum atomic E-state index is 9.65. The molecule has 6 nitrogen and oxygen atoms in total. The highest BCUT2D eigenvalue weighted by atomic mass is 35.5. The van der Waals surface area contributed by atoms with Gasteiger partial charge in [0.1, 0.15) is 12.0 Å². The van der Waals surface area contributed by atoms with Gasteiger partial charge in [0.25, 0.3) is 0 Å². The maximum Gasteiger partial charge on any atom is 0.192 e. The number of aryl methyl sites for hydroxylation is 1. The monoisotopic (exact) mass is 260 g/mol. The van der Waals surface area contributed by atoms with Crippen LogP contribution in [0.2, 0.25) is 4.47 Å². The largest absolute Gasteiger partial charge is 0.364 e. The van der Waals surface area contributed by atoms with Crippen LogP contribution in [0.4, 0.5) is 0 Å². The van der Waals surface area contributed by atoms with Crippen molar-refractivity contribution in [3.63, 3.8) is 0 Å². The molecule has 2 rings (SSSR count). The number of halogens is 1. The first-order chi connectivity index (χ1) is 7.63. The number of aliphatic hydroxyl groups excluding tert-OH is 1. The van der Waals surface area contributed by atoms with Crippen LogP contribution in [0.25, 0.3) is 11.5 Å². The van der Waals surface area contributed by atoms with Gasteiger partial charge in [-0.3, -0.25) is 0 Å². The number of methoxy groups -OCH3 is 1.